The average molecular weight is 221 g/mol. The number of rotatable bonds is 2. The van der Waals surface area contributed by atoms with Gasteiger partial charge in [0.05, 0.1) is 12.7 Å². The summed E-state index contributed by atoms with van der Waals surface area (Å²) in [4.78, 5) is 2.25. The summed E-state index contributed by atoms with van der Waals surface area (Å²) in [5.74, 6) is 0.292. The number of hydrogen-bond acceptors (Lipinski definition) is 3. The zero-order chi connectivity index (χ0) is 11.5. The Morgan fingerprint density at radius 3 is 2.81 bits per heavy atom. The van der Waals surface area contributed by atoms with Crippen molar-refractivity contribution in [3.05, 3.63) is 29.8 Å². The second kappa shape index (κ2) is 4.85. The molecule has 1 aliphatic heterocycles. The number of nitrogens with zero attached hydrogens (tertiary/aromatic N) is 1. The Labute approximate surface area is 96.3 Å². The molecule has 0 spiro atoms. The van der Waals surface area contributed by atoms with Crippen LogP contribution in [0.15, 0.2) is 24.3 Å². The minimum Gasteiger partial charge on any atom is -0.393 e. The lowest BCUT2D eigenvalue weighted by molar-refractivity contribution is 0.0970. The van der Waals surface area contributed by atoms with Gasteiger partial charge in [-0.25, -0.2) is 0 Å². The fraction of sp³-hybridized carbons (Fsp3) is 0.538. The van der Waals surface area contributed by atoms with Crippen LogP contribution in [-0.4, -0.2) is 29.4 Å². The Hall–Kier alpha value is -1.06. The van der Waals surface area contributed by atoms with Gasteiger partial charge in [0, 0.05) is 24.3 Å². The topological polar surface area (TPSA) is 43.7 Å². The van der Waals surface area contributed by atoms with Crippen molar-refractivity contribution >= 4 is 5.69 Å². The molecule has 1 aromatic rings. The largest absolute Gasteiger partial charge is 0.393 e. The van der Waals surface area contributed by atoms with Crippen molar-refractivity contribution < 1.29 is 10.2 Å². The molecule has 0 amide bonds. The summed E-state index contributed by atoms with van der Waals surface area (Å²) in [7, 11) is 0. The fourth-order valence-corrected chi connectivity index (χ4v) is 2.31. The van der Waals surface area contributed by atoms with E-state index < -0.39 is 0 Å². The van der Waals surface area contributed by atoms with Gasteiger partial charge in [0.25, 0.3) is 0 Å². The van der Waals surface area contributed by atoms with E-state index in [-0.39, 0.29) is 12.7 Å². The lowest BCUT2D eigenvalue weighted by atomic mass is 9.96. The fourth-order valence-electron chi connectivity index (χ4n) is 2.31. The van der Waals surface area contributed by atoms with Gasteiger partial charge in [-0.3, -0.25) is 0 Å². The first-order chi connectivity index (χ1) is 7.72. The highest BCUT2D eigenvalue weighted by molar-refractivity contribution is 5.53. The van der Waals surface area contributed by atoms with Gasteiger partial charge in [-0.1, -0.05) is 25.1 Å². The third kappa shape index (κ3) is 2.20. The zero-order valence-corrected chi connectivity index (χ0v) is 9.63. The molecule has 1 heterocycles. The number of hydrogen-bond donors (Lipinski definition) is 2. The van der Waals surface area contributed by atoms with Crippen LogP contribution >= 0.6 is 0 Å². The van der Waals surface area contributed by atoms with Crippen molar-refractivity contribution in [3.63, 3.8) is 0 Å². The molecule has 16 heavy (non-hydrogen) atoms. The summed E-state index contributed by atoms with van der Waals surface area (Å²) in [6.07, 6.45) is 0.624. The highest BCUT2D eigenvalue weighted by Gasteiger charge is 2.25. The van der Waals surface area contributed by atoms with Crippen molar-refractivity contribution in [1.29, 1.82) is 0 Å². The summed E-state index contributed by atoms with van der Waals surface area (Å²) >= 11 is 0. The van der Waals surface area contributed by atoms with Gasteiger partial charge >= 0.3 is 0 Å². The number of para-hydroxylation sites is 1. The Kier molecular flexibility index (Phi) is 3.46. The lowest BCUT2D eigenvalue weighted by Gasteiger charge is -2.36. The van der Waals surface area contributed by atoms with Gasteiger partial charge in [-0.05, 0) is 18.4 Å². The smallest absolute Gasteiger partial charge is 0.0702 e. The Bertz CT molecular complexity index is 354. The highest BCUT2D eigenvalue weighted by Crippen LogP contribution is 2.26. The number of aliphatic hydroxyl groups excluding tert-OH is 2. The van der Waals surface area contributed by atoms with E-state index in [4.69, 9.17) is 0 Å². The van der Waals surface area contributed by atoms with Gasteiger partial charge in [0.15, 0.2) is 0 Å². The van der Waals surface area contributed by atoms with Gasteiger partial charge in [0.1, 0.15) is 0 Å². The van der Waals surface area contributed by atoms with E-state index in [1.807, 2.05) is 24.3 Å². The molecule has 0 bridgehead atoms. The van der Waals surface area contributed by atoms with Crippen LogP contribution in [0.25, 0.3) is 0 Å². The van der Waals surface area contributed by atoms with Crippen LogP contribution in [0.1, 0.15) is 18.9 Å². The first-order valence-electron chi connectivity index (χ1n) is 5.84. The van der Waals surface area contributed by atoms with Gasteiger partial charge in [0.2, 0.25) is 0 Å². The number of piperidine rings is 1. The molecular weight excluding hydrogens is 202 g/mol. The number of benzene rings is 1. The highest BCUT2D eigenvalue weighted by atomic mass is 16.3. The molecule has 2 unspecified atom stereocenters. The summed E-state index contributed by atoms with van der Waals surface area (Å²) in [5.41, 5.74) is 2.06. The van der Waals surface area contributed by atoms with Gasteiger partial charge in [-0.15, -0.1) is 0 Å². The van der Waals surface area contributed by atoms with Crippen molar-refractivity contribution in [2.24, 2.45) is 5.92 Å². The Morgan fingerprint density at radius 1 is 1.38 bits per heavy atom. The lowest BCUT2D eigenvalue weighted by Crippen LogP contribution is -2.42. The molecular formula is C13H19NO2. The van der Waals surface area contributed by atoms with Crippen molar-refractivity contribution in [2.45, 2.75) is 26.1 Å². The minimum absolute atomic E-state index is 0.0730. The van der Waals surface area contributed by atoms with E-state index >= 15 is 0 Å². The minimum atomic E-state index is -0.183. The van der Waals surface area contributed by atoms with E-state index in [9.17, 15) is 10.2 Å². The Morgan fingerprint density at radius 2 is 2.12 bits per heavy atom. The van der Waals surface area contributed by atoms with Crippen LogP contribution in [0.2, 0.25) is 0 Å². The molecule has 0 radical (unpaired) electrons. The predicted molar refractivity (Wildman–Crippen MR) is 64.4 cm³/mol. The molecule has 0 saturated carbocycles. The molecule has 0 aromatic heterocycles. The molecule has 0 aliphatic carbocycles. The first-order valence-corrected chi connectivity index (χ1v) is 5.84. The SMILES string of the molecule is CC1CN(c2ccccc2CO)CCC1O. The quantitative estimate of drug-likeness (QED) is 0.793. The van der Waals surface area contributed by atoms with E-state index in [1.165, 1.54) is 0 Å². The average Bonchev–Trinajstić information content (AvgIpc) is 2.32. The predicted octanol–water partition coefficient (Wildman–Crippen LogP) is 1.39. The third-order valence-electron chi connectivity index (χ3n) is 3.36. The monoisotopic (exact) mass is 221 g/mol. The second-order valence-electron chi connectivity index (χ2n) is 4.57. The van der Waals surface area contributed by atoms with Crippen molar-refractivity contribution in [1.82, 2.24) is 0 Å². The van der Waals surface area contributed by atoms with Crippen LogP contribution in [-0.2, 0) is 6.61 Å². The molecule has 1 saturated heterocycles. The van der Waals surface area contributed by atoms with Crippen molar-refractivity contribution in [3.8, 4) is 0 Å². The van der Waals surface area contributed by atoms with Crippen LogP contribution in [0.4, 0.5) is 5.69 Å². The van der Waals surface area contributed by atoms with Crippen LogP contribution < -0.4 is 4.90 Å². The molecule has 3 nitrogen and oxygen atoms in total. The third-order valence-corrected chi connectivity index (χ3v) is 3.36. The van der Waals surface area contributed by atoms with Crippen LogP contribution in [0, 0.1) is 5.92 Å². The normalized spacial score (nSPS) is 25.8. The molecule has 2 N–H and O–H groups in total. The van der Waals surface area contributed by atoms with Crippen LogP contribution in [0.5, 0.6) is 0 Å². The second-order valence-corrected chi connectivity index (χ2v) is 4.57. The van der Waals surface area contributed by atoms with E-state index in [0.717, 1.165) is 30.8 Å². The summed E-state index contributed by atoms with van der Waals surface area (Å²) < 4.78 is 0. The van der Waals surface area contributed by atoms with Crippen LogP contribution in [0.3, 0.4) is 0 Å². The van der Waals surface area contributed by atoms with E-state index in [0.29, 0.717) is 5.92 Å². The Balaban J connectivity index is 2.18. The molecule has 1 aliphatic rings. The van der Waals surface area contributed by atoms with E-state index in [2.05, 4.69) is 11.8 Å². The maximum Gasteiger partial charge on any atom is 0.0702 e. The first kappa shape index (κ1) is 11.4. The molecule has 1 aromatic carbocycles. The maximum absolute atomic E-state index is 9.69. The van der Waals surface area contributed by atoms with Crippen molar-refractivity contribution in [2.75, 3.05) is 18.0 Å². The van der Waals surface area contributed by atoms with Gasteiger partial charge in [-0.2, -0.15) is 0 Å². The molecule has 3 heteroatoms. The molecule has 1 fully saturated rings. The summed E-state index contributed by atoms with van der Waals surface area (Å²) in [5, 5.41) is 19.0. The van der Waals surface area contributed by atoms with E-state index in [1.54, 1.807) is 0 Å². The molecule has 2 rings (SSSR count). The number of aliphatic hydroxyl groups is 2. The molecule has 88 valence electrons. The number of anilines is 1. The van der Waals surface area contributed by atoms with Gasteiger partial charge < -0.3 is 15.1 Å². The molecule has 2 atom stereocenters. The summed E-state index contributed by atoms with van der Waals surface area (Å²) in [6, 6.07) is 7.92. The maximum atomic E-state index is 9.69. The zero-order valence-electron chi connectivity index (χ0n) is 9.63. The standard InChI is InChI=1S/C13H19NO2/c1-10-8-14(7-6-13(10)16)12-5-3-2-4-11(12)9-15/h2-5,10,13,15-16H,6-9H2,1H3. The summed E-state index contributed by atoms with van der Waals surface area (Å²) in [6.45, 7) is 3.86.